The van der Waals surface area contributed by atoms with Crippen LogP contribution in [0.3, 0.4) is 0 Å². The van der Waals surface area contributed by atoms with Crippen LogP contribution in [0.4, 0.5) is 9.18 Å². The predicted molar refractivity (Wildman–Crippen MR) is 85.4 cm³/mol. The molecule has 24 heavy (non-hydrogen) atoms. The Balaban J connectivity index is 1.81. The van der Waals surface area contributed by atoms with Crippen molar-refractivity contribution in [3.05, 3.63) is 71.5 Å². The Hall–Kier alpha value is -2.73. The molecule has 6 heteroatoms. The average molecular weight is 328 g/mol. The van der Waals surface area contributed by atoms with E-state index in [1.54, 1.807) is 31.2 Å². The summed E-state index contributed by atoms with van der Waals surface area (Å²) in [7, 11) is 0. The maximum Gasteiger partial charge on any atom is 0.325 e. The van der Waals surface area contributed by atoms with Crippen LogP contribution in [0, 0.1) is 5.82 Å². The van der Waals surface area contributed by atoms with Crippen molar-refractivity contribution >= 4 is 11.9 Å². The first-order valence-corrected chi connectivity index (χ1v) is 7.55. The van der Waals surface area contributed by atoms with Gasteiger partial charge in [-0.25, -0.2) is 9.18 Å². The van der Waals surface area contributed by atoms with Crippen molar-refractivity contribution in [3.8, 4) is 0 Å². The van der Waals surface area contributed by atoms with E-state index in [0.29, 0.717) is 11.1 Å². The molecular weight excluding hydrogens is 311 g/mol. The molecule has 0 radical (unpaired) electrons. The molecule has 3 amide bonds. The average Bonchev–Trinajstić information content (AvgIpc) is 2.80. The summed E-state index contributed by atoms with van der Waals surface area (Å²) in [6, 6.07) is 13.7. The zero-order valence-corrected chi connectivity index (χ0v) is 13.1. The topological polar surface area (TPSA) is 69.6 Å². The number of rotatable bonds is 4. The van der Waals surface area contributed by atoms with Crippen LogP contribution >= 0.6 is 0 Å². The second-order valence-electron chi connectivity index (χ2n) is 5.90. The third-order valence-electron chi connectivity index (χ3n) is 4.24. The van der Waals surface area contributed by atoms with Gasteiger partial charge in [-0.15, -0.1) is 0 Å². The molecule has 0 aromatic heterocycles. The zero-order valence-electron chi connectivity index (χ0n) is 13.1. The van der Waals surface area contributed by atoms with Crippen molar-refractivity contribution < 1.29 is 19.1 Å². The highest BCUT2D eigenvalue weighted by atomic mass is 19.1. The first-order chi connectivity index (χ1) is 11.4. The Morgan fingerprint density at radius 2 is 1.75 bits per heavy atom. The van der Waals surface area contributed by atoms with E-state index in [9.17, 15) is 19.1 Å². The quantitative estimate of drug-likeness (QED) is 0.846. The lowest BCUT2D eigenvalue weighted by Crippen LogP contribution is -2.41. The van der Waals surface area contributed by atoms with Crippen molar-refractivity contribution in [2.45, 2.75) is 18.6 Å². The van der Waals surface area contributed by atoms with Gasteiger partial charge in [0.25, 0.3) is 5.91 Å². The van der Waals surface area contributed by atoms with Gasteiger partial charge >= 0.3 is 6.03 Å². The van der Waals surface area contributed by atoms with Crippen LogP contribution in [-0.4, -0.2) is 28.5 Å². The van der Waals surface area contributed by atoms with E-state index in [2.05, 4.69) is 5.32 Å². The van der Waals surface area contributed by atoms with Crippen molar-refractivity contribution in [1.82, 2.24) is 10.2 Å². The lowest BCUT2D eigenvalue weighted by molar-refractivity contribution is -0.132. The molecular formula is C18H17FN2O3. The standard InChI is InChI=1S/C18H17FN2O3/c1-18(13-5-3-2-4-6-13)16(23)21(17(24)20-18)11-15(22)12-7-9-14(19)10-8-12/h2-10,15,22H,11H2,1H3,(H,20,24). The normalized spacial score (nSPS) is 21.7. The maximum atomic E-state index is 13.0. The van der Waals surface area contributed by atoms with Crippen LogP contribution < -0.4 is 5.32 Å². The van der Waals surface area contributed by atoms with Crippen LogP contribution in [0.25, 0.3) is 0 Å². The number of aliphatic hydroxyl groups is 1. The second-order valence-corrected chi connectivity index (χ2v) is 5.90. The molecule has 1 saturated heterocycles. The van der Waals surface area contributed by atoms with Gasteiger partial charge in [0.2, 0.25) is 0 Å². The van der Waals surface area contributed by atoms with Gasteiger partial charge in [0.05, 0.1) is 12.6 Å². The molecule has 2 aromatic rings. The van der Waals surface area contributed by atoms with Gasteiger partial charge in [0.15, 0.2) is 0 Å². The molecule has 1 fully saturated rings. The largest absolute Gasteiger partial charge is 0.387 e. The number of nitrogens with one attached hydrogen (secondary N) is 1. The molecule has 0 spiro atoms. The number of carbonyl (C=O) groups is 2. The third-order valence-corrected chi connectivity index (χ3v) is 4.24. The van der Waals surface area contributed by atoms with Crippen LogP contribution in [-0.2, 0) is 10.3 Å². The monoisotopic (exact) mass is 328 g/mol. The summed E-state index contributed by atoms with van der Waals surface area (Å²) in [5.74, 6) is -0.850. The van der Waals surface area contributed by atoms with Crippen LogP contribution in [0.1, 0.15) is 24.2 Å². The molecule has 5 nitrogen and oxygen atoms in total. The molecule has 3 rings (SSSR count). The minimum atomic E-state index is -1.17. The van der Waals surface area contributed by atoms with Gasteiger partial charge in [-0.05, 0) is 30.2 Å². The number of imide groups is 1. The molecule has 2 aromatic carbocycles. The van der Waals surface area contributed by atoms with Crippen molar-refractivity contribution in [2.75, 3.05) is 6.54 Å². The molecule has 0 aliphatic carbocycles. The summed E-state index contributed by atoms with van der Waals surface area (Å²) in [5.41, 5.74) is -0.0617. The number of hydrogen-bond acceptors (Lipinski definition) is 3. The second kappa shape index (κ2) is 6.05. The van der Waals surface area contributed by atoms with Gasteiger partial charge in [0.1, 0.15) is 11.4 Å². The molecule has 0 bridgehead atoms. The van der Waals surface area contributed by atoms with E-state index in [1.807, 2.05) is 6.07 Å². The number of amides is 3. The number of hydrogen-bond donors (Lipinski definition) is 2. The summed E-state index contributed by atoms with van der Waals surface area (Å²) in [5, 5.41) is 12.9. The molecule has 1 aliphatic heterocycles. The van der Waals surface area contributed by atoms with Gasteiger partial charge in [-0.1, -0.05) is 42.5 Å². The van der Waals surface area contributed by atoms with Crippen LogP contribution in [0.2, 0.25) is 0 Å². The molecule has 2 unspecified atom stereocenters. The van der Waals surface area contributed by atoms with E-state index in [1.165, 1.54) is 24.3 Å². The lowest BCUT2D eigenvalue weighted by Gasteiger charge is -2.23. The van der Waals surface area contributed by atoms with Gasteiger partial charge in [-0.2, -0.15) is 0 Å². The third kappa shape index (κ3) is 2.76. The lowest BCUT2D eigenvalue weighted by atomic mass is 9.92. The minimum Gasteiger partial charge on any atom is -0.387 e. The number of β-amino-alcohol motifs (C(OH)–C–C–N with tert-alkyl or cyclic N) is 1. The summed E-state index contributed by atoms with van der Waals surface area (Å²) in [6.07, 6.45) is -1.08. The van der Waals surface area contributed by atoms with E-state index < -0.39 is 29.4 Å². The Bertz CT molecular complexity index is 764. The number of nitrogens with zero attached hydrogens (tertiary/aromatic N) is 1. The number of urea groups is 1. The Morgan fingerprint density at radius 3 is 2.38 bits per heavy atom. The van der Waals surface area contributed by atoms with Crippen molar-refractivity contribution in [3.63, 3.8) is 0 Å². The highest BCUT2D eigenvalue weighted by Gasteiger charge is 2.49. The Kier molecular flexibility index (Phi) is 4.07. The van der Waals surface area contributed by atoms with Crippen LogP contribution in [0.15, 0.2) is 54.6 Å². The van der Waals surface area contributed by atoms with Gasteiger partial charge < -0.3 is 10.4 Å². The summed E-state index contributed by atoms with van der Waals surface area (Å²) >= 11 is 0. The summed E-state index contributed by atoms with van der Waals surface area (Å²) < 4.78 is 13.0. The van der Waals surface area contributed by atoms with Crippen molar-refractivity contribution in [2.24, 2.45) is 0 Å². The van der Waals surface area contributed by atoms with E-state index in [4.69, 9.17) is 0 Å². The SMILES string of the molecule is CC1(c2ccccc2)NC(=O)N(CC(O)c2ccc(F)cc2)C1=O. The number of carbonyl (C=O) groups excluding carboxylic acids is 2. The van der Waals surface area contributed by atoms with E-state index >= 15 is 0 Å². The fourth-order valence-corrected chi connectivity index (χ4v) is 2.79. The fraction of sp³-hybridized carbons (Fsp3) is 0.222. The fourth-order valence-electron chi connectivity index (χ4n) is 2.79. The van der Waals surface area contributed by atoms with E-state index in [-0.39, 0.29) is 6.54 Å². The zero-order chi connectivity index (χ0) is 17.3. The first-order valence-electron chi connectivity index (χ1n) is 7.55. The van der Waals surface area contributed by atoms with Gasteiger partial charge in [-0.3, -0.25) is 9.69 Å². The summed E-state index contributed by atoms with van der Waals surface area (Å²) in [4.78, 5) is 25.9. The molecule has 2 atom stereocenters. The first kappa shape index (κ1) is 16.1. The van der Waals surface area contributed by atoms with Crippen molar-refractivity contribution in [1.29, 1.82) is 0 Å². The Morgan fingerprint density at radius 1 is 1.12 bits per heavy atom. The molecule has 124 valence electrons. The van der Waals surface area contributed by atoms with Crippen LogP contribution in [0.5, 0.6) is 0 Å². The van der Waals surface area contributed by atoms with E-state index in [0.717, 1.165) is 4.90 Å². The highest BCUT2D eigenvalue weighted by Crippen LogP contribution is 2.29. The molecule has 0 saturated carbocycles. The smallest absolute Gasteiger partial charge is 0.325 e. The molecule has 1 aliphatic rings. The maximum absolute atomic E-state index is 13.0. The molecule has 1 heterocycles. The minimum absolute atomic E-state index is 0.196. The molecule has 2 N–H and O–H groups in total. The number of aliphatic hydroxyl groups excluding tert-OH is 1. The number of benzene rings is 2. The van der Waals surface area contributed by atoms with Gasteiger partial charge in [0, 0.05) is 0 Å². The predicted octanol–water partition coefficient (Wildman–Crippen LogP) is 2.33. The number of halogens is 1. The Labute approximate surface area is 138 Å². The summed E-state index contributed by atoms with van der Waals surface area (Å²) in [6.45, 7) is 1.44. The highest BCUT2D eigenvalue weighted by molar-refractivity contribution is 6.07.